The molecule has 0 saturated carbocycles. The van der Waals surface area contributed by atoms with Crippen molar-refractivity contribution >= 4 is 10.9 Å². The van der Waals surface area contributed by atoms with E-state index in [0.717, 1.165) is 53.5 Å². The third-order valence-corrected chi connectivity index (χ3v) is 7.29. The molecule has 8 nitrogen and oxygen atoms in total. The highest BCUT2D eigenvalue weighted by atomic mass is 19.1. The number of hydrogen-bond acceptors (Lipinski definition) is 6. The normalized spacial score (nSPS) is 16.6. The van der Waals surface area contributed by atoms with E-state index in [0.29, 0.717) is 31.0 Å². The number of nitrogens with zero attached hydrogens (tertiary/aromatic N) is 5. The number of H-pyrrole nitrogens is 1. The van der Waals surface area contributed by atoms with Gasteiger partial charge in [0.15, 0.2) is 5.82 Å². The minimum absolute atomic E-state index is 0.0840. The quantitative estimate of drug-likeness (QED) is 0.362. The van der Waals surface area contributed by atoms with Gasteiger partial charge in [-0.3, -0.25) is 9.69 Å². The van der Waals surface area contributed by atoms with Crippen LogP contribution in [0.2, 0.25) is 0 Å². The molecule has 9 heteroatoms. The van der Waals surface area contributed by atoms with Crippen molar-refractivity contribution in [3.63, 3.8) is 0 Å². The number of nitrogens with one attached hydrogen (secondary N) is 1. The predicted octanol–water partition coefficient (Wildman–Crippen LogP) is 4.45. The third-order valence-electron chi connectivity index (χ3n) is 7.29. The van der Waals surface area contributed by atoms with Crippen molar-refractivity contribution in [3.05, 3.63) is 86.7 Å². The largest absolute Gasteiger partial charge is 0.377 e. The van der Waals surface area contributed by atoms with Crippen LogP contribution in [0.15, 0.2) is 47.3 Å². The highest BCUT2D eigenvalue weighted by molar-refractivity contribution is 5.85. The van der Waals surface area contributed by atoms with Gasteiger partial charge in [0.25, 0.3) is 5.56 Å². The molecule has 0 bridgehead atoms. The smallest absolute Gasteiger partial charge is 0.252 e. The van der Waals surface area contributed by atoms with Gasteiger partial charge in [-0.25, -0.2) is 9.07 Å². The lowest BCUT2D eigenvalue weighted by Gasteiger charge is -2.32. The molecular weight excluding hydrogens is 471 g/mol. The summed E-state index contributed by atoms with van der Waals surface area (Å²) in [6, 6.07) is 12.4. The van der Waals surface area contributed by atoms with E-state index < -0.39 is 0 Å². The molecule has 194 valence electrons. The Morgan fingerprint density at radius 1 is 1.19 bits per heavy atom. The zero-order chi connectivity index (χ0) is 25.9. The first-order valence-corrected chi connectivity index (χ1v) is 12.9. The number of pyridine rings is 1. The number of aryl methyl sites for hydroxylation is 2. The molecular formula is C28H33FN6O2. The average Bonchev–Trinajstić information content (AvgIpc) is 3.57. The lowest BCUT2D eigenvalue weighted by molar-refractivity contribution is 0.0489. The van der Waals surface area contributed by atoms with E-state index in [4.69, 9.17) is 4.74 Å². The Kier molecular flexibility index (Phi) is 7.43. The molecule has 1 aliphatic heterocycles. The SMILES string of the molecule is CC[C@H](c1nnnn1Cc1ccc(F)cc1)N(Cc1cc2c(C)ccc(C)c2[nH]c1=O)C[C@H]1CCCO1. The molecule has 0 unspecified atom stereocenters. The molecule has 3 heterocycles. The number of aromatic amines is 1. The van der Waals surface area contributed by atoms with Gasteiger partial charge in [0.2, 0.25) is 0 Å². The Hall–Kier alpha value is -3.43. The molecule has 37 heavy (non-hydrogen) atoms. The van der Waals surface area contributed by atoms with Crippen molar-refractivity contribution < 1.29 is 9.13 Å². The van der Waals surface area contributed by atoms with Gasteiger partial charge in [-0.2, -0.15) is 0 Å². The van der Waals surface area contributed by atoms with E-state index in [2.05, 4.69) is 45.3 Å². The van der Waals surface area contributed by atoms with Crippen molar-refractivity contribution in [1.82, 2.24) is 30.1 Å². The van der Waals surface area contributed by atoms with E-state index in [1.54, 1.807) is 16.8 Å². The van der Waals surface area contributed by atoms with Crippen LogP contribution in [0.3, 0.4) is 0 Å². The standard InChI is InChI=1S/C28H33FN6O2/c1-4-25(27-31-32-33-35(27)15-20-9-11-22(29)12-10-20)34(17-23-6-5-13-37-23)16-21-14-24-18(2)7-8-19(3)26(24)30-28(21)36/h7-12,14,23,25H,4-6,13,15-17H2,1-3H3,(H,30,36)/t23-,25-/m1/s1. The minimum atomic E-state index is -0.277. The maximum atomic E-state index is 13.4. The zero-order valence-corrected chi connectivity index (χ0v) is 21.6. The number of halogens is 1. The summed E-state index contributed by atoms with van der Waals surface area (Å²) in [4.78, 5) is 18.6. The van der Waals surface area contributed by atoms with Crippen LogP contribution in [-0.4, -0.2) is 49.3 Å². The molecule has 1 fully saturated rings. The fourth-order valence-corrected chi connectivity index (χ4v) is 5.24. The summed E-state index contributed by atoms with van der Waals surface area (Å²) < 4.78 is 21.2. The van der Waals surface area contributed by atoms with Gasteiger partial charge in [-0.05, 0) is 78.4 Å². The van der Waals surface area contributed by atoms with E-state index in [-0.39, 0.29) is 23.5 Å². The Balaban J connectivity index is 1.49. The highest BCUT2D eigenvalue weighted by Crippen LogP contribution is 2.28. The van der Waals surface area contributed by atoms with Gasteiger partial charge < -0.3 is 9.72 Å². The van der Waals surface area contributed by atoms with Crippen LogP contribution in [-0.2, 0) is 17.8 Å². The summed E-state index contributed by atoms with van der Waals surface area (Å²) >= 11 is 0. The van der Waals surface area contributed by atoms with Crippen LogP contribution in [0, 0.1) is 19.7 Å². The number of ether oxygens (including phenoxy) is 1. The van der Waals surface area contributed by atoms with Crippen LogP contribution in [0.5, 0.6) is 0 Å². The van der Waals surface area contributed by atoms with Gasteiger partial charge >= 0.3 is 0 Å². The Labute approximate surface area is 215 Å². The van der Waals surface area contributed by atoms with Crippen LogP contribution >= 0.6 is 0 Å². The summed E-state index contributed by atoms with van der Waals surface area (Å²) in [5.74, 6) is 0.440. The molecule has 5 rings (SSSR count). The van der Waals surface area contributed by atoms with Crippen LogP contribution < -0.4 is 5.56 Å². The maximum Gasteiger partial charge on any atom is 0.252 e. The third kappa shape index (κ3) is 5.47. The molecule has 2 aromatic carbocycles. The first kappa shape index (κ1) is 25.2. The summed E-state index contributed by atoms with van der Waals surface area (Å²) in [7, 11) is 0. The van der Waals surface area contributed by atoms with Gasteiger partial charge in [0, 0.05) is 30.6 Å². The number of benzene rings is 2. The van der Waals surface area contributed by atoms with E-state index in [1.807, 2.05) is 19.1 Å². The van der Waals surface area contributed by atoms with Crippen molar-refractivity contribution in [2.24, 2.45) is 0 Å². The molecule has 2 aromatic heterocycles. The molecule has 1 aliphatic rings. The number of hydrogen-bond donors (Lipinski definition) is 1. The lowest BCUT2D eigenvalue weighted by atomic mass is 10.0. The molecule has 0 radical (unpaired) electrons. The van der Waals surface area contributed by atoms with Gasteiger partial charge in [0.1, 0.15) is 5.82 Å². The summed E-state index contributed by atoms with van der Waals surface area (Å²) in [5, 5.41) is 13.7. The topological polar surface area (TPSA) is 88.9 Å². The Morgan fingerprint density at radius 3 is 2.70 bits per heavy atom. The van der Waals surface area contributed by atoms with Gasteiger partial charge in [-0.15, -0.1) is 5.10 Å². The number of rotatable bonds is 9. The van der Waals surface area contributed by atoms with Crippen LogP contribution in [0.25, 0.3) is 10.9 Å². The summed E-state index contributed by atoms with van der Waals surface area (Å²) in [6.07, 6.45) is 2.87. The van der Waals surface area contributed by atoms with Crippen molar-refractivity contribution in [2.75, 3.05) is 13.2 Å². The van der Waals surface area contributed by atoms with Crippen LogP contribution in [0.1, 0.15) is 60.3 Å². The van der Waals surface area contributed by atoms with Gasteiger partial charge in [0.05, 0.1) is 24.2 Å². The molecule has 0 amide bonds. The van der Waals surface area contributed by atoms with Crippen molar-refractivity contribution in [3.8, 4) is 0 Å². The second-order valence-corrected chi connectivity index (χ2v) is 9.92. The summed E-state index contributed by atoms with van der Waals surface area (Å²) in [6.45, 7) is 8.48. The molecule has 2 atom stereocenters. The Bertz CT molecular complexity index is 1430. The van der Waals surface area contributed by atoms with Crippen molar-refractivity contribution in [1.29, 1.82) is 0 Å². The highest BCUT2D eigenvalue weighted by Gasteiger charge is 2.29. The van der Waals surface area contributed by atoms with Crippen LogP contribution in [0.4, 0.5) is 4.39 Å². The number of tetrazole rings is 1. The number of fused-ring (bicyclic) bond motifs is 1. The molecule has 0 aliphatic carbocycles. The molecule has 1 N–H and O–H groups in total. The van der Waals surface area contributed by atoms with E-state index in [9.17, 15) is 9.18 Å². The Morgan fingerprint density at radius 2 is 1.97 bits per heavy atom. The van der Waals surface area contributed by atoms with E-state index >= 15 is 0 Å². The second-order valence-electron chi connectivity index (χ2n) is 9.92. The van der Waals surface area contributed by atoms with Gasteiger partial charge in [-0.1, -0.05) is 31.2 Å². The molecule has 4 aromatic rings. The maximum absolute atomic E-state index is 13.4. The fraction of sp³-hybridized carbons (Fsp3) is 0.429. The number of aromatic nitrogens is 5. The minimum Gasteiger partial charge on any atom is -0.377 e. The first-order chi connectivity index (χ1) is 17.9. The fourth-order valence-electron chi connectivity index (χ4n) is 5.24. The zero-order valence-electron chi connectivity index (χ0n) is 21.6. The molecule has 1 saturated heterocycles. The van der Waals surface area contributed by atoms with E-state index in [1.165, 1.54) is 12.1 Å². The predicted molar refractivity (Wildman–Crippen MR) is 140 cm³/mol. The first-order valence-electron chi connectivity index (χ1n) is 12.9. The monoisotopic (exact) mass is 504 g/mol. The summed E-state index contributed by atoms with van der Waals surface area (Å²) in [5.41, 5.74) is 4.59. The lowest BCUT2D eigenvalue weighted by Crippen LogP contribution is -2.37. The second kappa shape index (κ2) is 10.9. The average molecular weight is 505 g/mol. The van der Waals surface area contributed by atoms with Crippen molar-refractivity contribution in [2.45, 2.75) is 65.3 Å². The molecule has 0 spiro atoms.